The molecule has 1 saturated heterocycles. The van der Waals surface area contributed by atoms with Gasteiger partial charge in [-0.1, -0.05) is 29.8 Å². The number of amides is 2. The third-order valence-corrected chi connectivity index (χ3v) is 5.37. The fourth-order valence-electron chi connectivity index (χ4n) is 3.40. The van der Waals surface area contributed by atoms with Gasteiger partial charge in [0.15, 0.2) is 0 Å². The lowest BCUT2D eigenvalue weighted by molar-refractivity contribution is -0.125. The minimum absolute atomic E-state index is 0.108. The van der Waals surface area contributed by atoms with Crippen molar-refractivity contribution < 1.29 is 18.7 Å². The molecule has 3 aromatic carbocycles. The Bertz CT molecular complexity index is 1110. The SMILES string of the molecule is O=C(NNc1cccc(OCc2ccc(F)cc2)c1)[C@@H]1CC(=O)N(c2ccc(Cl)cc2)C1. The summed E-state index contributed by atoms with van der Waals surface area (Å²) < 4.78 is 18.7. The number of benzene rings is 3. The molecule has 0 saturated carbocycles. The van der Waals surface area contributed by atoms with E-state index in [4.69, 9.17) is 16.3 Å². The Labute approximate surface area is 189 Å². The Morgan fingerprint density at radius 3 is 2.59 bits per heavy atom. The average Bonchev–Trinajstić information content (AvgIpc) is 3.19. The lowest BCUT2D eigenvalue weighted by Crippen LogP contribution is -2.36. The summed E-state index contributed by atoms with van der Waals surface area (Å²) in [5.41, 5.74) is 7.72. The molecular weight excluding hydrogens is 433 g/mol. The molecule has 1 atom stereocenters. The maximum Gasteiger partial charge on any atom is 0.243 e. The fourth-order valence-corrected chi connectivity index (χ4v) is 3.53. The number of anilines is 2. The van der Waals surface area contributed by atoms with Crippen molar-refractivity contribution in [2.75, 3.05) is 16.9 Å². The van der Waals surface area contributed by atoms with Crippen LogP contribution in [0.1, 0.15) is 12.0 Å². The first kappa shape index (κ1) is 21.6. The number of carbonyl (C=O) groups excluding carboxylic acids is 2. The van der Waals surface area contributed by atoms with Gasteiger partial charge < -0.3 is 9.64 Å². The van der Waals surface area contributed by atoms with Crippen molar-refractivity contribution in [1.29, 1.82) is 0 Å². The van der Waals surface area contributed by atoms with E-state index in [2.05, 4.69) is 10.9 Å². The van der Waals surface area contributed by atoms with Crippen LogP contribution >= 0.6 is 11.6 Å². The molecule has 32 heavy (non-hydrogen) atoms. The van der Waals surface area contributed by atoms with Crippen LogP contribution in [0, 0.1) is 11.7 Å². The van der Waals surface area contributed by atoms with Gasteiger partial charge in [-0.25, -0.2) is 4.39 Å². The first-order valence-corrected chi connectivity index (χ1v) is 10.4. The van der Waals surface area contributed by atoms with E-state index in [1.807, 2.05) is 0 Å². The number of nitrogens with one attached hydrogen (secondary N) is 2. The summed E-state index contributed by atoms with van der Waals surface area (Å²) in [6.45, 7) is 0.593. The summed E-state index contributed by atoms with van der Waals surface area (Å²) in [7, 11) is 0. The minimum Gasteiger partial charge on any atom is -0.489 e. The van der Waals surface area contributed by atoms with Gasteiger partial charge in [0.05, 0.1) is 11.6 Å². The second kappa shape index (κ2) is 9.70. The Kier molecular flexibility index (Phi) is 6.56. The first-order valence-electron chi connectivity index (χ1n) is 10.1. The van der Waals surface area contributed by atoms with Crippen LogP contribution in [-0.4, -0.2) is 18.4 Å². The highest BCUT2D eigenvalue weighted by atomic mass is 35.5. The smallest absolute Gasteiger partial charge is 0.243 e. The van der Waals surface area contributed by atoms with E-state index in [0.717, 1.165) is 5.56 Å². The Balaban J connectivity index is 1.30. The molecule has 1 aliphatic rings. The highest BCUT2D eigenvalue weighted by Crippen LogP contribution is 2.26. The van der Waals surface area contributed by atoms with Gasteiger partial charge in [0, 0.05) is 29.7 Å². The summed E-state index contributed by atoms with van der Waals surface area (Å²) in [6.07, 6.45) is 0.136. The number of hydrazine groups is 1. The normalized spacial score (nSPS) is 15.5. The van der Waals surface area contributed by atoms with Crippen LogP contribution in [0.25, 0.3) is 0 Å². The number of halogens is 2. The molecule has 0 aliphatic carbocycles. The zero-order chi connectivity index (χ0) is 22.5. The Hall–Kier alpha value is -3.58. The van der Waals surface area contributed by atoms with E-state index in [9.17, 15) is 14.0 Å². The zero-order valence-electron chi connectivity index (χ0n) is 17.1. The van der Waals surface area contributed by atoms with Crippen LogP contribution in [-0.2, 0) is 16.2 Å². The Morgan fingerprint density at radius 2 is 1.84 bits per heavy atom. The molecule has 0 radical (unpaired) electrons. The van der Waals surface area contributed by atoms with Gasteiger partial charge in [-0.05, 0) is 54.1 Å². The quantitative estimate of drug-likeness (QED) is 0.515. The van der Waals surface area contributed by atoms with E-state index >= 15 is 0 Å². The lowest BCUT2D eigenvalue weighted by atomic mass is 10.1. The minimum atomic E-state index is -0.469. The van der Waals surface area contributed by atoms with Crippen LogP contribution in [0.4, 0.5) is 15.8 Å². The van der Waals surface area contributed by atoms with Crippen molar-refractivity contribution in [3.63, 3.8) is 0 Å². The van der Waals surface area contributed by atoms with Crippen molar-refractivity contribution in [3.05, 3.63) is 89.2 Å². The first-order chi connectivity index (χ1) is 15.5. The van der Waals surface area contributed by atoms with Gasteiger partial charge >= 0.3 is 0 Å². The van der Waals surface area contributed by atoms with E-state index in [1.165, 1.54) is 12.1 Å². The number of ether oxygens (including phenoxy) is 1. The molecule has 1 fully saturated rings. The van der Waals surface area contributed by atoms with Crippen molar-refractivity contribution >= 4 is 34.8 Å². The number of hydrogen-bond donors (Lipinski definition) is 2. The average molecular weight is 454 g/mol. The van der Waals surface area contributed by atoms with Crippen molar-refractivity contribution in [1.82, 2.24) is 5.43 Å². The molecule has 1 aliphatic heterocycles. The van der Waals surface area contributed by atoms with Gasteiger partial charge in [-0.3, -0.25) is 20.4 Å². The second-order valence-corrected chi connectivity index (χ2v) is 7.88. The third kappa shape index (κ3) is 5.36. The molecule has 2 amide bonds. The van der Waals surface area contributed by atoms with Crippen LogP contribution in [0.5, 0.6) is 5.75 Å². The highest BCUT2D eigenvalue weighted by Gasteiger charge is 2.35. The van der Waals surface area contributed by atoms with E-state index in [-0.39, 0.29) is 24.1 Å². The molecule has 164 valence electrons. The molecule has 2 N–H and O–H groups in total. The largest absolute Gasteiger partial charge is 0.489 e. The highest BCUT2D eigenvalue weighted by molar-refractivity contribution is 6.30. The topological polar surface area (TPSA) is 70.7 Å². The number of hydrogen-bond acceptors (Lipinski definition) is 4. The molecule has 3 aromatic rings. The molecule has 0 spiro atoms. The van der Waals surface area contributed by atoms with Crippen LogP contribution in [0.3, 0.4) is 0 Å². The second-order valence-electron chi connectivity index (χ2n) is 7.44. The van der Waals surface area contributed by atoms with Crippen LogP contribution in [0.15, 0.2) is 72.8 Å². The Morgan fingerprint density at radius 1 is 1.09 bits per heavy atom. The van der Waals surface area contributed by atoms with Gasteiger partial charge in [0.1, 0.15) is 18.2 Å². The van der Waals surface area contributed by atoms with E-state index in [0.29, 0.717) is 35.3 Å². The van der Waals surface area contributed by atoms with Crippen LogP contribution in [0.2, 0.25) is 5.02 Å². The lowest BCUT2D eigenvalue weighted by Gasteiger charge is -2.17. The van der Waals surface area contributed by atoms with Gasteiger partial charge in [0.25, 0.3) is 0 Å². The molecule has 0 aromatic heterocycles. The summed E-state index contributed by atoms with van der Waals surface area (Å²) in [4.78, 5) is 26.5. The summed E-state index contributed by atoms with van der Waals surface area (Å²) in [5.74, 6) is -0.547. The fraction of sp³-hybridized carbons (Fsp3) is 0.167. The molecule has 8 heteroatoms. The molecule has 0 unspecified atom stereocenters. The molecule has 6 nitrogen and oxygen atoms in total. The number of nitrogens with zero attached hydrogens (tertiary/aromatic N) is 1. The van der Waals surface area contributed by atoms with Crippen molar-refractivity contribution in [3.8, 4) is 5.75 Å². The molecule has 1 heterocycles. The number of carbonyl (C=O) groups is 2. The van der Waals surface area contributed by atoms with E-state index in [1.54, 1.807) is 65.6 Å². The van der Waals surface area contributed by atoms with E-state index < -0.39 is 5.92 Å². The molecule has 4 rings (SSSR count). The predicted molar refractivity (Wildman–Crippen MR) is 121 cm³/mol. The number of rotatable bonds is 7. The van der Waals surface area contributed by atoms with Gasteiger partial charge in [-0.15, -0.1) is 0 Å². The summed E-state index contributed by atoms with van der Waals surface area (Å²) in [6, 6.07) is 20.1. The van der Waals surface area contributed by atoms with Crippen LogP contribution < -0.4 is 20.5 Å². The maximum atomic E-state index is 13.0. The van der Waals surface area contributed by atoms with Crippen molar-refractivity contribution in [2.24, 2.45) is 5.92 Å². The van der Waals surface area contributed by atoms with Gasteiger partial charge in [0.2, 0.25) is 11.8 Å². The predicted octanol–water partition coefficient (Wildman–Crippen LogP) is 4.55. The molecular formula is C24H21ClFN3O3. The molecule has 0 bridgehead atoms. The zero-order valence-corrected chi connectivity index (χ0v) is 17.8. The third-order valence-electron chi connectivity index (χ3n) is 5.12. The summed E-state index contributed by atoms with van der Waals surface area (Å²) in [5, 5.41) is 0.586. The van der Waals surface area contributed by atoms with Crippen molar-refractivity contribution in [2.45, 2.75) is 13.0 Å². The standard InChI is InChI=1S/C24H21ClFN3O3/c25-18-6-10-21(11-7-18)29-14-17(12-23(29)30)24(31)28-27-20-2-1-3-22(13-20)32-15-16-4-8-19(26)9-5-16/h1-11,13,17,27H,12,14-15H2,(H,28,31)/t17-/m1/s1. The maximum absolute atomic E-state index is 13.0. The monoisotopic (exact) mass is 453 g/mol. The summed E-state index contributed by atoms with van der Waals surface area (Å²) >= 11 is 5.90. The van der Waals surface area contributed by atoms with Gasteiger partial charge in [-0.2, -0.15) is 0 Å².